The molecule has 0 spiro atoms. The number of fused-ring (bicyclic) bond motifs is 1. The van der Waals surface area contributed by atoms with Crippen molar-refractivity contribution in [3.8, 4) is 0 Å². The van der Waals surface area contributed by atoms with Crippen LogP contribution in [0.1, 0.15) is 39.5 Å². The molecule has 1 aliphatic carbocycles. The normalized spacial score (nSPS) is 32.5. The van der Waals surface area contributed by atoms with Gasteiger partial charge in [0.2, 0.25) is 5.91 Å². The maximum atomic E-state index is 12.2. The number of hydrogen-bond acceptors (Lipinski definition) is 3. The van der Waals surface area contributed by atoms with Crippen LogP contribution >= 0.6 is 0 Å². The van der Waals surface area contributed by atoms with E-state index in [0.29, 0.717) is 18.3 Å². The van der Waals surface area contributed by atoms with Crippen molar-refractivity contribution in [2.24, 2.45) is 11.8 Å². The Labute approximate surface area is 103 Å². The van der Waals surface area contributed by atoms with Crippen molar-refractivity contribution in [3.05, 3.63) is 0 Å². The van der Waals surface area contributed by atoms with Gasteiger partial charge in [0.15, 0.2) is 0 Å². The molecule has 1 saturated carbocycles. The lowest BCUT2D eigenvalue weighted by atomic mass is 9.92. The Kier molecular flexibility index (Phi) is 3.73. The minimum Gasteiger partial charge on any atom is -0.396 e. The van der Waals surface area contributed by atoms with Crippen molar-refractivity contribution in [1.82, 2.24) is 10.6 Å². The van der Waals surface area contributed by atoms with Crippen molar-refractivity contribution in [3.63, 3.8) is 0 Å². The highest BCUT2D eigenvalue weighted by Crippen LogP contribution is 2.37. The Morgan fingerprint density at radius 3 is 2.94 bits per heavy atom. The van der Waals surface area contributed by atoms with Crippen LogP contribution in [0.4, 0.5) is 0 Å². The van der Waals surface area contributed by atoms with Gasteiger partial charge in [-0.1, -0.05) is 6.42 Å². The van der Waals surface area contributed by atoms with E-state index >= 15 is 0 Å². The molecule has 1 amide bonds. The third-order valence-corrected chi connectivity index (χ3v) is 4.23. The number of aliphatic hydroxyl groups is 1. The molecule has 1 heterocycles. The third kappa shape index (κ3) is 2.80. The van der Waals surface area contributed by atoms with E-state index in [9.17, 15) is 4.79 Å². The van der Waals surface area contributed by atoms with Crippen LogP contribution in [0.25, 0.3) is 0 Å². The van der Waals surface area contributed by atoms with Crippen LogP contribution in [-0.4, -0.2) is 35.7 Å². The van der Waals surface area contributed by atoms with Gasteiger partial charge in [0.1, 0.15) is 0 Å². The molecule has 0 aromatic heterocycles. The second kappa shape index (κ2) is 4.94. The molecule has 0 radical (unpaired) electrons. The van der Waals surface area contributed by atoms with E-state index in [1.165, 1.54) is 19.3 Å². The maximum absolute atomic E-state index is 12.2. The number of carbonyl (C=O) groups excluding carboxylic acids is 1. The molecule has 1 aliphatic heterocycles. The van der Waals surface area contributed by atoms with Crippen molar-refractivity contribution in [1.29, 1.82) is 0 Å². The highest BCUT2D eigenvalue weighted by molar-refractivity contribution is 5.83. The molecule has 2 rings (SSSR count). The number of carbonyl (C=O) groups is 1. The van der Waals surface area contributed by atoms with Crippen molar-refractivity contribution in [2.45, 2.75) is 51.1 Å². The first-order valence-electron chi connectivity index (χ1n) is 6.70. The van der Waals surface area contributed by atoms with Crippen molar-refractivity contribution in [2.75, 3.05) is 13.2 Å². The topological polar surface area (TPSA) is 61.4 Å². The van der Waals surface area contributed by atoms with Crippen LogP contribution in [0.5, 0.6) is 0 Å². The summed E-state index contributed by atoms with van der Waals surface area (Å²) in [4.78, 5) is 12.2. The summed E-state index contributed by atoms with van der Waals surface area (Å²) < 4.78 is 0. The second-order valence-corrected chi connectivity index (χ2v) is 6.09. The van der Waals surface area contributed by atoms with Gasteiger partial charge in [-0.15, -0.1) is 0 Å². The predicted octanol–water partition coefficient (Wildman–Crippen LogP) is 0.652. The highest BCUT2D eigenvalue weighted by Gasteiger charge is 2.43. The zero-order valence-electron chi connectivity index (χ0n) is 10.8. The molecule has 3 N–H and O–H groups in total. The van der Waals surface area contributed by atoms with Gasteiger partial charge in [-0.05, 0) is 51.5 Å². The number of hydrogen-bond donors (Lipinski definition) is 3. The van der Waals surface area contributed by atoms with Crippen LogP contribution in [0.15, 0.2) is 0 Å². The minimum absolute atomic E-state index is 0.0135. The summed E-state index contributed by atoms with van der Waals surface area (Å²) in [7, 11) is 0. The van der Waals surface area contributed by atoms with Gasteiger partial charge in [0, 0.05) is 12.1 Å². The molecule has 1 saturated heterocycles. The first-order chi connectivity index (χ1) is 8.03. The Hall–Kier alpha value is -0.610. The Morgan fingerprint density at radius 2 is 2.24 bits per heavy atom. The lowest BCUT2D eigenvalue weighted by Gasteiger charge is -2.28. The smallest absolute Gasteiger partial charge is 0.237 e. The average molecular weight is 240 g/mol. The maximum Gasteiger partial charge on any atom is 0.237 e. The Morgan fingerprint density at radius 1 is 1.47 bits per heavy atom. The summed E-state index contributed by atoms with van der Waals surface area (Å²) in [6.07, 6.45) is 4.30. The fourth-order valence-corrected chi connectivity index (χ4v) is 3.23. The van der Waals surface area contributed by atoms with Crippen LogP contribution in [-0.2, 0) is 4.79 Å². The van der Waals surface area contributed by atoms with Gasteiger partial charge in [-0.2, -0.15) is 0 Å². The number of amides is 1. The minimum atomic E-state index is -0.315. The molecule has 0 aromatic carbocycles. The van der Waals surface area contributed by atoms with Gasteiger partial charge in [0.25, 0.3) is 0 Å². The summed E-state index contributed by atoms with van der Waals surface area (Å²) in [6, 6.07) is -0.0135. The third-order valence-electron chi connectivity index (χ3n) is 4.23. The highest BCUT2D eigenvalue weighted by atomic mass is 16.3. The number of aliphatic hydroxyl groups excluding tert-OH is 1. The number of nitrogens with one attached hydrogen (secondary N) is 2. The fourth-order valence-electron chi connectivity index (χ4n) is 3.23. The molecule has 0 aromatic rings. The molecule has 4 heteroatoms. The van der Waals surface area contributed by atoms with Gasteiger partial charge < -0.3 is 15.7 Å². The fraction of sp³-hybridized carbons (Fsp3) is 0.923. The molecule has 98 valence electrons. The van der Waals surface area contributed by atoms with E-state index in [1.54, 1.807) is 0 Å². The summed E-state index contributed by atoms with van der Waals surface area (Å²) in [5, 5.41) is 15.4. The summed E-state index contributed by atoms with van der Waals surface area (Å²) in [6.45, 7) is 5.02. The average Bonchev–Trinajstić information content (AvgIpc) is 2.75. The molecular weight excluding hydrogens is 216 g/mol. The quantitative estimate of drug-likeness (QED) is 0.676. The van der Waals surface area contributed by atoms with Gasteiger partial charge in [-0.25, -0.2) is 0 Å². The Bertz CT molecular complexity index is 291. The number of rotatable bonds is 4. The zero-order chi connectivity index (χ0) is 12.5. The largest absolute Gasteiger partial charge is 0.396 e. The van der Waals surface area contributed by atoms with E-state index in [2.05, 4.69) is 10.6 Å². The SMILES string of the molecule is CC(C)(CCO)NC(=O)C1NCC2CCCC21. The molecule has 17 heavy (non-hydrogen) atoms. The molecule has 0 bridgehead atoms. The van der Waals surface area contributed by atoms with Gasteiger partial charge >= 0.3 is 0 Å². The van der Waals surface area contributed by atoms with E-state index < -0.39 is 0 Å². The molecule has 3 unspecified atom stereocenters. The van der Waals surface area contributed by atoms with Crippen molar-refractivity contribution >= 4 is 5.91 Å². The Balaban J connectivity index is 1.92. The molecule has 2 aliphatic rings. The summed E-state index contributed by atoms with van der Waals surface area (Å²) >= 11 is 0. The van der Waals surface area contributed by atoms with E-state index in [4.69, 9.17) is 5.11 Å². The van der Waals surface area contributed by atoms with Crippen LogP contribution in [0.2, 0.25) is 0 Å². The van der Waals surface area contributed by atoms with E-state index in [-0.39, 0.29) is 24.1 Å². The van der Waals surface area contributed by atoms with Crippen LogP contribution in [0.3, 0.4) is 0 Å². The first-order valence-corrected chi connectivity index (χ1v) is 6.70. The van der Waals surface area contributed by atoms with Crippen molar-refractivity contribution < 1.29 is 9.90 Å². The predicted molar refractivity (Wildman–Crippen MR) is 66.5 cm³/mol. The van der Waals surface area contributed by atoms with E-state index in [1.807, 2.05) is 13.8 Å². The van der Waals surface area contributed by atoms with Gasteiger partial charge in [-0.3, -0.25) is 4.79 Å². The summed E-state index contributed by atoms with van der Waals surface area (Å²) in [5.74, 6) is 1.34. The van der Waals surface area contributed by atoms with Crippen LogP contribution < -0.4 is 10.6 Å². The molecule has 2 fully saturated rings. The lowest BCUT2D eigenvalue weighted by molar-refractivity contribution is -0.125. The first kappa shape index (κ1) is 12.8. The molecular formula is C13H24N2O2. The summed E-state index contributed by atoms with van der Waals surface area (Å²) in [5.41, 5.74) is -0.315. The van der Waals surface area contributed by atoms with E-state index in [0.717, 1.165) is 6.54 Å². The standard InChI is InChI=1S/C13H24N2O2/c1-13(2,6-7-16)15-12(17)11-10-5-3-4-9(10)8-14-11/h9-11,14,16H,3-8H2,1-2H3,(H,15,17). The van der Waals surface area contributed by atoms with Crippen LogP contribution in [0, 0.1) is 11.8 Å². The monoisotopic (exact) mass is 240 g/mol. The molecule has 4 nitrogen and oxygen atoms in total. The van der Waals surface area contributed by atoms with Gasteiger partial charge in [0.05, 0.1) is 6.04 Å². The lowest BCUT2D eigenvalue weighted by Crippen LogP contribution is -2.52. The zero-order valence-corrected chi connectivity index (χ0v) is 10.8. The molecule has 3 atom stereocenters. The second-order valence-electron chi connectivity index (χ2n) is 6.09.